The number of benzene rings is 3. The van der Waals surface area contributed by atoms with Crippen LogP contribution in [0.25, 0.3) is 32.9 Å². The summed E-state index contributed by atoms with van der Waals surface area (Å²) in [5.41, 5.74) is 15.9. The number of anilines is 1. The predicted octanol–water partition coefficient (Wildman–Crippen LogP) is 14.4. The van der Waals surface area contributed by atoms with Crippen molar-refractivity contribution in [3.05, 3.63) is 237 Å². The highest BCUT2D eigenvalue weighted by Crippen LogP contribution is 2.52. The van der Waals surface area contributed by atoms with E-state index in [1.54, 1.807) is 5.57 Å². The molecule has 1 aromatic heterocycles. The average molecular weight is 876 g/mol. The van der Waals surface area contributed by atoms with Crippen molar-refractivity contribution in [3.8, 4) is 0 Å². The summed E-state index contributed by atoms with van der Waals surface area (Å²) in [6, 6.07) is 25.3. The zero-order valence-electron chi connectivity index (χ0n) is 36.8. The maximum atomic E-state index is 2.70. The van der Waals surface area contributed by atoms with Gasteiger partial charge in [-0.1, -0.05) is 170 Å². The molecule has 318 valence electrons. The van der Waals surface area contributed by atoms with Crippen molar-refractivity contribution >= 4 is 61.7 Å². The molecule has 1 aliphatic heterocycles. The van der Waals surface area contributed by atoms with E-state index < -0.39 is 0 Å². The Morgan fingerprint density at radius 1 is 0.600 bits per heavy atom. The van der Waals surface area contributed by atoms with Gasteiger partial charge in [0.25, 0.3) is 0 Å². The van der Waals surface area contributed by atoms with Gasteiger partial charge in [-0.25, -0.2) is 0 Å². The Hall–Kier alpha value is -5.87. The van der Waals surface area contributed by atoms with Crippen molar-refractivity contribution in [1.82, 2.24) is 0 Å². The molecule has 0 radical (unpaired) electrons. The fourth-order valence-electron chi connectivity index (χ4n) is 12.1. The van der Waals surface area contributed by atoms with Crippen LogP contribution in [-0.4, -0.2) is 11.3 Å². The predicted molar refractivity (Wildman–Crippen MR) is 279 cm³/mol. The summed E-state index contributed by atoms with van der Waals surface area (Å²) >= 11 is 4.08. The van der Waals surface area contributed by atoms with Crippen LogP contribution in [0, 0.1) is 23.7 Å². The van der Waals surface area contributed by atoms with Crippen molar-refractivity contribution in [1.29, 1.82) is 0 Å². The van der Waals surface area contributed by atoms with Gasteiger partial charge in [0.15, 0.2) is 0 Å². The zero-order valence-corrected chi connectivity index (χ0v) is 38.4. The van der Waals surface area contributed by atoms with Crippen molar-refractivity contribution in [2.45, 2.75) is 67.6 Å². The van der Waals surface area contributed by atoms with Gasteiger partial charge in [-0.3, -0.25) is 0 Å². The highest BCUT2D eigenvalue weighted by Gasteiger charge is 2.34. The van der Waals surface area contributed by atoms with E-state index in [0.29, 0.717) is 28.9 Å². The number of thiophene rings is 1. The second kappa shape index (κ2) is 16.5. The number of nitrogens with zero attached hydrogens (tertiary/aromatic N) is 1. The molecule has 13 rings (SSSR count). The third-order valence-electron chi connectivity index (χ3n) is 15.3. The summed E-state index contributed by atoms with van der Waals surface area (Å²) in [6.07, 6.45) is 57.5. The third-order valence-corrected chi connectivity index (χ3v) is 17.9. The molecule has 6 unspecified atom stereocenters. The largest absolute Gasteiger partial charge is 0.333 e. The number of hydrogen-bond donors (Lipinski definition) is 0. The molecule has 0 fully saturated rings. The van der Waals surface area contributed by atoms with Crippen LogP contribution in [0.4, 0.5) is 5.69 Å². The van der Waals surface area contributed by atoms with E-state index in [1.807, 2.05) is 11.3 Å². The number of fused-ring (bicyclic) bond motifs is 8. The summed E-state index contributed by atoms with van der Waals surface area (Å²) < 4.78 is 1.42. The maximum absolute atomic E-state index is 2.70. The summed E-state index contributed by atoms with van der Waals surface area (Å²) in [7, 11) is 0. The molecule has 0 N–H and O–H groups in total. The van der Waals surface area contributed by atoms with Crippen LogP contribution in [0.2, 0.25) is 0 Å². The van der Waals surface area contributed by atoms with Crippen LogP contribution < -0.4 is 15.3 Å². The molecule has 0 saturated carbocycles. The Balaban J connectivity index is 0.822. The summed E-state index contributed by atoms with van der Waals surface area (Å²) in [4.78, 5) is 5.62. The Bertz CT molecular complexity index is 3230. The third kappa shape index (κ3) is 6.88. The molecular formula is C62H53NS2. The Morgan fingerprint density at radius 2 is 1.49 bits per heavy atom. The molecule has 3 aromatic carbocycles. The van der Waals surface area contributed by atoms with Gasteiger partial charge in [-0.15, -0.1) is 23.1 Å². The van der Waals surface area contributed by atoms with Crippen LogP contribution in [0.1, 0.15) is 60.9 Å². The fraction of sp³-hybridized carbons (Fsp3) is 0.226. The standard InChI is InChI=1S/C62H53NS2/c1-2-13-42(14-3-1)50-21-10-22-53-54-23-11-24-57(62(54)65-61(50)53)63(47-37-33-44(34-38-47)56-39-45-15-4-5-16-48(45)51-17-6-7-18-52(51)56)46-35-31-41(32-36-46)40-27-29-43(30-28-40)49-20-12-26-59-60(49)55-19-8-9-25-58(55)64-59/h2,4-9,11-21,23-25,27-29,31,33-37,39,41,43,47,52,56,59H,1,3,10,22,26,30,32,38H2. The molecular weight excluding hydrogens is 823 g/mol. The van der Waals surface area contributed by atoms with Crippen molar-refractivity contribution in [2.75, 3.05) is 4.90 Å². The van der Waals surface area contributed by atoms with E-state index in [0.717, 1.165) is 51.4 Å². The molecule has 4 aromatic rings. The summed E-state index contributed by atoms with van der Waals surface area (Å²) in [5.74, 6) is 1.48. The minimum absolute atomic E-state index is 0.200. The van der Waals surface area contributed by atoms with Gasteiger partial charge in [0.1, 0.15) is 0 Å². The van der Waals surface area contributed by atoms with Gasteiger partial charge in [0, 0.05) is 44.4 Å². The second-order valence-corrected chi connectivity index (χ2v) is 21.2. The van der Waals surface area contributed by atoms with Gasteiger partial charge in [-0.05, 0) is 136 Å². The van der Waals surface area contributed by atoms with Gasteiger partial charge >= 0.3 is 0 Å². The first-order chi connectivity index (χ1) is 32.2. The molecule has 8 aliphatic carbocycles. The summed E-state index contributed by atoms with van der Waals surface area (Å²) in [5, 5.41) is 4.71. The molecule has 9 aliphatic rings. The lowest BCUT2D eigenvalue weighted by molar-refractivity contribution is 0.665. The SMILES string of the molecule is C1=CC2=c3ccccc3=CC(C3=CCC(N(C4=CCC(C5=CCC(C6=C7c8ccccc8SC7CC=C6)C=C5)C=C4)c4cccc5c6c(sc45)C(C4=CCCC=C4)=CCC6)C=C3)C2C=C1. The van der Waals surface area contributed by atoms with E-state index in [4.69, 9.17) is 0 Å². The molecule has 2 heterocycles. The van der Waals surface area contributed by atoms with Crippen LogP contribution in [0.15, 0.2) is 215 Å². The lowest BCUT2D eigenvalue weighted by atomic mass is 9.73. The van der Waals surface area contributed by atoms with Crippen LogP contribution in [0.5, 0.6) is 0 Å². The van der Waals surface area contributed by atoms with E-state index in [2.05, 4.69) is 205 Å². The first kappa shape index (κ1) is 39.5. The van der Waals surface area contributed by atoms with Crippen molar-refractivity contribution in [2.24, 2.45) is 23.7 Å². The Labute approximate surface area is 392 Å². The Kier molecular flexibility index (Phi) is 10.0. The first-order valence-corrected chi connectivity index (χ1v) is 25.8. The van der Waals surface area contributed by atoms with E-state index in [9.17, 15) is 0 Å². The van der Waals surface area contributed by atoms with Crippen molar-refractivity contribution in [3.63, 3.8) is 0 Å². The highest BCUT2D eigenvalue weighted by atomic mass is 32.2. The van der Waals surface area contributed by atoms with Crippen molar-refractivity contribution < 1.29 is 0 Å². The molecule has 0 bridgehead atoms. The lowest BCUT2D eigenvalue weighted by Gasteiger charge is -2.37. The molecule has 0 spiro atoms. The molecule has 0 saturated heterocycles. The number of allylic oxidation sites excluding steroid dienone is 22. The van der Waals surface area contributed by atoms with E-state index in [1.165, 1.54) is 86.2 Å². The monoisotopic (exact) mass is 875 g/mol. The number of aryl methyl sites for hydroxylation is 1. The smallest absolute Gasteiger partial charge is 0.0597 e. The molecule has 1 nitrogen and oxygen atoms in total. The van der Waals surface area contributed by atoms with Gasteiger partial charge in [0.2, 0.25) is 0 Å². The van der Waals surface area contributed by atoms with Gasteiger partial charge in [-0.2, -0.15) is 0 Å². The van der Waals surface area contributed by atoms with E-state index in [-0.39, 0.29) is 6.04 Å². The number of hydrogen-bond acceptors (Lipinski definition) is 3. The molecule has 65 heavy (non-hydrogen) atoms. The number of thioether (sulfide) groups is 1. The maximum Gasteiger partial charge on any atom is 0.0597 e. The minimum atomic E-state index is 0.200. The minimum Gasteiger partial charge on any atom is -0.333 e. The van der Waals surface area contributed by atoms with Crippen LogP contribution in [-0.2, 0) is 6.42 Å². The quantitative estimate of drug-likeness (QED) is 0.182. The first-order valence-electron chi connectivity index (χ1n) is 24.1. The topological polar surface area (TPSA) is 3.24 Å². The molecule has 0 amide bonds. The fourth-order valence-corrected chi connectivity index (χ4v) is 14.9. The molecule has 3 heteroatoms. The average Bonchev–Trinajstić information content (AvgIpc) is 3.97. The summed E-state index contributed by atoms with van der Waals surface area (Å²) in [6.45, 7) is 0. The van der Waals surface area contributed by atoms with Gasteiger partial charge in [0.05, 0.1) is 16.4 Å². The van der Waals surface area contributed by atoms with Crippen LogP contribution in [0.3, 0.4) is 0 Å². The highest BCUT2D eigenvalue weighted by molar-refractivity contribution is 8.00. The molecule has 6 atom stereocenters. The normalized spacial score (nSPS) is 26.9. The lowest BCUT2D eigenvalue weighted by Crippen LogP contribution is -2.37. The van der Waals surface area contributed by atoms with E-state index >= 15 is 0 Å². The van der Waals surface area contributed by atoms with Gasteiger partial charge < -0.3 is 4.90 Å². The second-order valence-electron chi connectivity index (χ2n) is 18.9. The van der Waals surface area contributed by atoms with Crippen LogP contribution >= 0.6 is 23.1 Å². The Morgan fingerprint density at radius 3 is 2.37 bits per heavy atom. The zero-order chi connectivity index (χ0) is 42.8. The number of rotatable bonds is 7.